The van der Waals surface area contributed by atoms with Crippen LogP contribution in [0.5, 0.6) is 0 Å². The molecule has 168 valence electrons. The van der Waals surface area contributed by atoms with Crippen molar-refractivity contribution in [2.24, 2.45) is 5.92 Å². The molecule has 2 aromatic carbocycles. The second kappa shape index (κ2) is 11.0. The number of amides is 1. The van der Waals surface area contributed by atoms with E-state index in [0.29, 0.717) is 28.0 Å². The van der Waals surface area contributed by atoms with Crippen molar-refractivity contribution in [3.63, 3.8) is 0 Å². The molecular formula is C24H26Cl2N4OS. The van der Waals surface area contributed by atoms with Gasteiger partial charge in [0, 0.05) is 17.3 Å². The number of benzene rings is 2. The fourth-order valence-electron chi connectivity index (χ4n) is 3.19. The Hall–Kier alpha value is -2.28. The van der Waals surface area contributed by atoms with E-state index in [1.807, 2.05) is 18.4 Å². The zero-order valence-electron chi connectivity index (χ0n) is 18.3. The minimum Gasteiger partial charge on any atom is -0.342 e. The molecule has 1 heterocycles. The molecule has 0 aliphatic carbocycles. The number of aryl methyl sites for hydroxylation is 1. The summed E-state index contributed by atoms with van der Waals surface area (Å²) in [4.78, 5) is 13.0. The summed E-state index contributed by atoms with van der Waals surface area (Å²) in [6, 6.07) is 12.9. The van der Waals surface area contributed by atoms with Crippen LogP contribution in [0.2, 0.25) is 10.0 Å². The Morgan fingerprint density at radius 1 is 1.19 bits per heavy atom. The van der Waals surface area contributed by atoms with Crippen molar-refractivity contribution in [3.8, 4) is 0 Å². The lowest BCUT2D eigenvalue weighted by molar-refractivity contribution is 0.0922. The molecule has 0 saturated heterocycles. The first-order chi connectivity index (χ1) is 15.3. The Balaban J connectivity index is 1.84. The minimum atomic E-state index is -0.351. The largest absolute Gasteiger partial charge is 0.342 e. The van der Waals surface area contributed by atoms with Crippen LogP contribution in [0.1, 0.15) is 47.2 Å². The summed E-state index contributed by atoms with van der Waals surface area (Å²) >= 11 is 13.8. The molecule has 0 radical (unpaired) electrons. The number of thioether (sulfide) groups is 1. The molecule has 1 N–H and O–H groups in total. The van der Waals surface area contributed by atoms with Gasteiger partial charge in [-0.05, 0) is 36.6 Å². The van der Waals surface area contributed by atoms with Crippen molar-refractivity contribution >= 4 is 40.9 Å². The maximum atomic E-state index is 13.0. The van der Waals surface area contributed by atoms with Gasteiger partial charge in [0.2, 0.25) is 0 Å². The van der Waals surface area contributed by atoms with Crippen molar-refractivity contribution in [3.05, 3.63) is 87.7 Å². The van der Waals surface area contributed by atoms with E-state index in [1.165, 1.54) is 11.1 Å². The topological polar surface area (TPSA) is 59.8 Å². The predicted octanol–water partition coefficient (Wildman–Crippen LogP) is 6.50. The van der Waals surface area contributed by atoms with Crippen molar-refractivity contribution in [2.75, 3.05) is 0 Å². The van der Waals surface area contributed by atoms with E-state index in [-0.39, 0.29) is 17.9 Å². The monoisotopic (exact) mass is 488 g/mol. The number of carbonyl (C=O) groups is 1. The fraction of sp³-hybridized carbons (Fsp3) is 0.292. The third kappa shape index (κ3) is 5.94. The average Bonchev–Trinajstić information content (AvgIpc) is 3.13. The standard InChI is InChI=1S/C24H26Cl2N4OS/c1-5-12-30-22(28-29-24(30)32-14-17-8-6-16(4)7-9-17)21(15(2)3)27-23(31)19-11-10-18(25)13-20(19)26/h5-11,13,15,21H,1,12,14H2,2-4H3,(H,27,31). The maximum Gasteiger partial charge on any atom is 0.253 e. The molecule has 5 nitrogen and oxygen atoms in total. The lowest BCUT2D eigenvalue weighted by Crippen LogP contribution is -2.34. The summed E-state index contributed by atoms with van der Waals surface area (Å²) < 4.78 is 2.00. The Labute approximate surface area is 203 Å². The molecule has 0 bridgehead atoms. The minimum absolute atomic E-state index is 0.0766. The van der Waals surface area contributed by atoms with Gasteiger partial charge in [0.1, 0.15) is 0 Å². The second-order valence-corrected chi connectivity index (χ2v) is 9.62. The van der Waals surface area contributed by atoms with Crippen LogP contribution >= 0.6 is 35.0 Å². The molecule has 1 unspecified atom stereocenters. The first kappa shape index (κ1) is 24.4. The predicted molar refractivity (Wildman–Crippen MR) is 132 cm³/mol. The van der Waals surface area contributed by atoms with Crippen molar-refractivity contribution in [1.29, 1.82) is 0 Å². The van der Waals surface area contributed by atoms with E-state index in [2.05, 4.69) is 53.3 Å². The molecule has 0 aliphatic rings. The van der Waals surface area contributed by atoms with E-state index in [4.69, 9.17) is 23.2 Å². The number of rotatable bonds is 9. The summed E-state index contributed by atoms with van der Waals surface area (Å²) in [5.41, 5.74) is 2.80. The van der Waals surface area contributed by atoms with Gasteiger partial charge in [0.15, 0.2) is 11.0 Å². The summed E-state index contributed by atoms with van der Waals surface area (Å²) in [6.07, 6.45) is 1.80. The number of hydrogen-bond donors (Lipinski definition) is 1. The Morgan fingerprint density at radius 3 is 2.53 bits per heavy atom. The van der Waals surface area contributed by atoms with Gasteiger partial charge in [-0.1, -0.05) is 84.7 Å². The molecule has 0 spiro atoms. The lowest BCUT2D eigenvalue weighted by atomic mass is 10.0. The Kier molecular flexibility index (Phi) is 8.40. The Morgan fingerprint density at radius 2 is 1.91 bits per heavy atom. The molecule has 0 aliphatic heterocycles. The molecular weight excluding hydrogens is 463 g/mol. The fourth-order valence-corrected chi connectivity index (χ4v) is 4.60. The van der Waals surface area contributed by atoms with Crippen LogP contribution in [0.15, 0.2) is 60.3 Å². The molecule has 1 atom stereocenters. The first-order valence-corrected chi connectivity index (χ1v) is 12.0. The third-order valence-corrected chi connectivity index (χ3v) is 6.54. The maximum absolute atomic E-state index is 13.0. The highest BCUT2D eigenvalue weighted by atomic mass is 35.5. The van der Waals surface area contributed by atoms with Crippen LogP contribution in [-0.4, -0.2) is 20.7 Å². The van der Waals surface area contributed by atoms with Crippen LogP contribution in [-0.2, 0) is 12.3 Å². The summed E-state index contributed by atoms with van der Waals surface area (Å²) in [6.45, 7) is 10.5. The number of nitrogens with zero attached hydrogens (tertiary/aromatic N) is 3. The number of nitrogens with one attached hydrogen (secondary N) is 1. The van der Waals surface area contributed by atoms with Gasteiger partial charge in [-0.25, -0.2) is 0 Å². The number of allylic oxidation sites excluding steroid dienone is 1. The number of aromatic nitrogens is 3. The van der Waals surface area contributed by atoms with Gasteiger partial charge in [0.25, 0.3) is 5.91 Å². The lowest BCUT2D eigenvalue weighted by Gasteiger charge is -2.23. The molecule has 1 amide bonds. The van der Waals surface area contributed by atoms with Crippen LogP contribution < -0.4 is 5.32 Å². The molecule has 3 rings (SSSR count). The van der Waals surface area contributed by atoms with Gasteiger partial charge in [-0.2, -0.15) is 0 Å². The van der Waals surface area contributed by atoms with Gasteiger partial charge in [0.05, 0.1) is 16.6 Å². The van der Waals surface area contributed by atoms with E-state index in [9.17, 15) is 4.79 Å². The van der Waals surface area contributed by atoms with Gasteiger partial charge < -0.3 is 9.88 Å². The van der Waals surface area contributed by atoms with E-state index in [0.717, 1.165) is 10.9 Å². The highest BCUT2D eigenvalue weighted by molar-refractivity contribution is 7.98. The number of halogens is 2. The number of carbonyl (C=O) groups excluding carboxylic acids is 1. The summed E-state index contributed by atoms with van der Waals surface area (Å²) in [7, 11) is 0. The summed E-state index contributed by atoms with van der Waals surface area (Å²) in [5, 5.41) is 13.5. The SMILES string of the molecule is C=CCn1c(SCc2ccc(C)cc2)nnc1C(NC(=O)c1ccc(Cl)cc1Cl)C(C)C. The third-order valence-electron chi connectivity index (χ3n) is 4.95. The van der Waals surface area contributed by atoms with Gasteiger partial charge in [-0.15, -0.1) is 16.8 Å². The zero-order chi connectivity index (χ0) is 23.3. The second-order valence-electron chi connectivity index (χ2n) is 7.83. The highest BCUT2D eigenvalue weighted by Gasteiger charge is 2.27. The molecule has 32 heavy (non-hydrogen) atoms. The van der Waals surface area contributed by atoms with Crippen LogP contribution in [0.25, 0.3) is 0 Å². The Bertz CT molecular complexity index is 1100. The molecule has 1 aromatic heterocycles. The smallest absolute Gasteiger partial charge is 0.253 e. The molecule has 0 saturated carbocycles. The molecule has 8 heteroatoms. The number of hydrogen-bond acceptors (Lipinski definition) is 4. The normalized spacial score (nSPS) is 12.1. The van der Waals surface area contributed by atoms with E-state index >= 15 is 0 Å². The van der Waals surface area contributed by atoms with Crippen LogP contribution in [0.4, 0.5) is 0 Å². The summed E-state index contributed by atoms with van der Waals surface area (Å²) in [5.74, 6) is 1.25. The van der Waals surface area contributed by atoms with E-state index in [1.54, 1.807) is 36.0 Å². The molecule has 3 aromatic rings. The van der Waals surface area contributed by atoms with Gasteiger partial charge >= 0.3 is 0 Å². The zero-order valence-corrected chi connectivity index (χ0v) is 20.6. The van der Waals surface area contributed by atoms with Crippen molar-refractivity contribution < 1.29 is 4.79 Å². The quantitative estimate of drug-likeness (QED) is 0.275. The molecule has 0 fully saturated rings. The van der Waals surface area contributed by atoms with Crippen LogP contribution in [0.3, 0.4) is 0 Å². The van der Waals surface area contributed by atoms with Crippen molar-refractivity contribution in [2.45, 2.75) is 44.3 Å². The highest BCUT2D eigenvalue weighted by Crippen LogP contribution is 2.28. The average molecular weight is 489 g/mol. The van der Waals surface area contributed by atoms with E-state index < -0.39 is 0 Å². The first-order valence-electron chi connectivity index (χ1n) is 10.3. The van der Waals surface area contributed by atoms with Crippen molar-refractivity contribution in [1.82, 2.24) is 20.1 Å². The van der Waals surface area contributed by atoms with Gasteiger partial charge in [-0.3, -0.25) is 4.79 Å². The van der Waals surface area contributed by atoms with Crippen LogP contribution in [0, 0.1) is 12.8 Å².